The molecule has 4 nitrogen and oxygen atoms in total. The Bertz CT molecular complexity index is 524. The van der Waals surface area contributed by atoms with Gasteiger partial charge in [-0.3, -0.25) is 0 Å². The highest BCUT2D eigenvalue weighted by atomic mass is 32.2. The minimum absolute atomic E-state index is 0.102. The maximum atomic E-state index is 14.2. The van der Waals surface area contributed by atoms with E-state index in [2.05, 4.69) is 18.6 Å². The molecule has 0 radical (unpaired) electrons. The molecule has 2 atom stereocenters. The number of carbonyl (C=O) groups excluding carboxylic acids is 1. The Hall–Kier alpha value is -1.43. The van der Waals surface area contributed by atoms with Crippen LogP contribution in [0.4, 0.5) is 15.8 Å². The van der Waals surface area contributed by atoms with E-state index in [1.165, 1.54) is 19.2 Å². The van der Waals surface area contributed by atoms with Crippen molar-refractivity contribution in [1.29, 1.82) is 0 Å². The lowest BCUT2D eigenvalue weighted by Crippen LogP contribution is -2.45. The summed E-state index contributed by atoms with van der Waals surface area (Å²) in [5.74, 6) is -0.0139. The maximum absolute atomic E-state index is 14.2. The quantitative estimate of drug-likeness (QED) is 0.671. The fourth-order valence-corrected chi connectivity index (χ4v) is 3.46. The van der Waals surface area contributed by atoms with Gasteiger partial charge >= 0.3 is 5.97 Å². The van der Waals surface area contributed by atoms with Crippen molar-refractivity contribution in [3.63, 3.8) is 0 Å². The van der Waals surface area contributed by atoms with E-state index in [0.717, 1.165) is 12.3 Å². The highest BCUT2D eigenvalue weighted by Crippen LogP contribution is 2.33. The molecule has 0 aromatic heterocycles. The van der Waals surface area contributed by atoms with Crippen molar-refractivity contribution in [2.24, 2.45) is 0 Å². The van der Waals surface area contributed by atoms with E-state index in [4.69, 9.17) is 5.73 Å². The van der Waals surface area contributed by atoms with E-state index < -0.39 is 11.8 Å². The largest absolute Gasteiger partial charge is 0.465 e. The summed E-state index contributed by atoms with van der Waals surface area (Å²) in [6, 6.07) is 2.88. The SMILES string of the molecule is COC(=O)c1cc(N2CCSC(C)C2C)c(F)cc1N. The van der Waals surface area contributed by atoms with Crippen molar-refractivity contribution < 1.29 is 13.9 Å². The van der Waals surface area contributed by atoms with Gasteiger partial charge in [0, 0.05) is 29.3 Å². The van der Waals surface area contributed by atoms with Crippen molar-refractivity contribution in [3.8, 4) is 0 Å². The molecule has 0 bridgehead atoms. The summed E-state index contributed by atoms with van der Waals surface area (Å²) in [6.45, 7) is 4.93. The van der Waals surface area contributed by atoms with E-state index >= 15 is 0 Å². The van der Waals surface area contributed by atoms with Gasteiger partial charge < -0.3 is 15.4 Å². The van der Waals surface area contributed by atoms with Gasteiger partial charge in [0.25, 0.3) is 0 Å². The van der Waals surface area contributed by atoms with Crippen LogP contribution in [-0.2, 0) is 4.74 Å². The Morgan fingerprint density at radius 2 is 2.20 bits per heavy atom. The molecular formula is C14H19FN2O2S. The lowest BCUT2D eigenvalue weighted by Gasteiger charge is -2.39. The standard InChI is InChI=1S/C14H19FN2O2S/c1-8-9(2)20-5-4-17(8)13-6-10(14(18)19-3)12(16)7-11(13)15/h6-9H,4-5,16H2,1-3H3. The van der Waals surface area contributed by atoms with Gasteiger partial charge in [-0.2, -0.15) is 11.8 Å². The Morgan fingerprint density at radius 1 is 1.50 bits per heavy atom. The Morgan fingerprint density at radius 3 is 2.85 bits per heavy atom. The summed E-state index contributed by atoms with van der Waals surface area (Å²) in [5, 5.41) is 0.405. The normalized spacial score (nSPS) is 22.7. The minimum atomic E-state index is -0.546. The van der Waals surface area contributed by atoms with Crippen LogP contribution in [0.25, 0.3) is 0 Å². The number of benzene rings is 1. The number of nitrogens with two attached hydrogens (primary N) is 1. The molecule has 6 heteroatoms. The zero-order valence-electron chi connectivity index (χ0n) is 11.9. The number of methoxy groups -OCH3 is 1. The number of rotatable bonds is 2. The number of hydrogen-bond acceptors (Lipinski definition) is 5. The summed E-state index contributed by atoms with van der Waals surface area (Å²) in [5.41, 5.74) is 6.42. The van der Waals surface area contributed by atoms with Gasteiger partial charge in [0.1, 0.15) is 5.82 Å². The van der Waals surface area contributed by atoms with Gasteiger partial charge in [-0.05, 0) is 19.1 Å². The van der Waals surface area contributed by atoms with Gasteiger partial charge in [-0.25, -0.2) is 9.18 Å². The van der Waals surface area contributed by atoms with E-state index in [1.54, 1.807) is 0 Å². The van der Waals surface area contributed by atoms with Gasteiger partial charge in [0.15, 0.2) is 0 Å². The van der Waals surface area contributed by atoms with Crippen molar-refractivity contribution >= 4 is 29.1 Å². The van der Waals surface area contributed by atoms with Crippen LogP contribution in [0.1, 0.15) is 24.2 Å². The first kappa shape index (κ1) is 15.0. The monoisotopic (exact) mass is 298 g/mol. The second-order valence-electron chi connectivity index (χ2n) is 4.89. The molecule has 1 fully saturated rings. The van der Waals surface area contributed by atoms with Gasteiger partial charge in [0.05, 0.1) is 18.4 Å². The van der Waals surface area contributed by atoms with Gasteiger partial charge in [0.2, 0.25) is 0 Å². The summed E-state index contributed by atoms with van der Waals surface area (Å²) in [4.78, 5) is 13.7. The molecule has 1 saturated heterocycles. The smallest absolute Gasteiger partial charge is 0.340 e. The van der Waals surface area contributed by atoms with Crippen molar-refractivity contribution in [2.45, 2.75) is 25.1 Å². The second kappa shape index (κ2) is 5.91. The molecule has 1 heterocycles. The highest BCUT2D eigenvalue weighted by Gasteiger charge is 2.28. The van der Waals surface area contributed by atoms with Crippen LogP contribution >= 0.6 is 11.8 Å². The second-order valence-corrected chi connectivity index (χ2v) is 6.38. The molecule has 2 unspecified atom stereocenters. The third kappa shape index (κ3) is 2.70. The number of anilines is 2. The molecule has 1 aromatic rings. The number of thioether (sulfide) groups is 1. The molecule has 2 rings (SSSR count). The number of carbonyl (C=O) groups is 1. The van der Waals surface area contributed by atoms with Crippen molar-refractivity contribution in [3.05, 3.63) is 23.5 Å². The molecule has 0 spiro atoms. The molecule has 0 amide bonds. The summed E-state index contributed by atoms with van der Waals surface area (Å²) in [6.07, 6.45) is 0. The molecule has 0 saturated carbocycles. The predicted octanol–water partition coefficient (Wildman–Crippen LogP) is 2.52. The molecule has 1 aliphatic heterocycles. The number of esters is 1. The topological polar surface area (TPSA) is 55.6 Å². The molecular weight excluding hydrogens is 279 g/mol. The van der Waals surface area contributed by atoms with Crippen LogP contribution in [0.15, 0.2) is 12.1 Å². The van der Waals surface area contributed by atoms with Crippen molar-refractivity contribution in [1.82, 2.24) is 0 Å². The van der Waals surface area contributed by atoms with Crippen LogP contribution in [0.3, 0.4) is 0 Å². The maximum Gasteiger partial charge on any atom is 0.340 e. The first-order chi connectivity index (χ1) is 9.45. The first-order valence-corrected chi connectivity index (χ1v) is 7.56. The Balaban J connectivity index is 2.43. The fourth-order valence-electron chi connectivity index (χ4n) is 2.36. The number of halogens is 1. The van der Waals surface area contributed by atoms with Gasteiger partial charge in [-0.15, -0.1) is 0 Å². The minimum Gasteiger partial charge on any atom is -0.465 e. The fraction of sp³-hybridized carbons (Fsp3) is 0.500. The average Bonchev–Trinajstić information content (AvgIpc) is 2.42. The zero-order valence-corrected chi connectivity index (χ0v) is 12.7. The summed E-state index contributed by atoms with van der Waals surface area (Å²) >= 11 is 1.87. The molecule has 0 aliphatic carbocycles. The van der Waals surface area contributed by atoms with Crippen LogP contribution in [0, 0.1) is 5.82 Å². The predicted molar refractivity (Wildman–Crippen MR) is 80.9 cm³/mol. The van der Waals surface area contributed by atoms with E-state index in [0.29, 0.717) is 10.9 Å². The average molecular weight is 298 g/mol. The van der Waals surface area contributed by atoms with Crippen LogP contribution in [0.5, 0.6) is 0 Å². The van der Waals surface area contributed by atoms with E-state index in [9.17, 15) is 9.18 Å². The Kier molecular flexibility index (Phi) is 4.42. The van der Waals surface area contributed by atoms with E-state index in [-0.39, 0.29) is 17.3 Å². The highest BCUT2D eigenvalue weighted by molar-refractivity contribution is 8.00. The lowest BCUT2D eigenvalue weighted by atomic mass is 10.1. The number of hydrogen-bond donors (Lipinski definition) is 1. The van der Waals surface area contributed by atoms with Crippen LogP contribution in [-0.4, -0.2) is 36.7 Å². The lowest BCUT2D eigenvalue weighted by molar-refractivity contribution is 0.0602. The number of nitrogen functional groups attached to an aromatic ring is 1. The molecule has 20 heavy (non-hydrogen) atoms. The molecule has 1 aliphatic rings. The number of ether oxygens (including phenoxy) is 1. The summed E-state index contributed by atoms with van der Waals surface area (Å²) < 4.78 is 18.9. The zero-order chi connectivity index (χ0) is 14.9. The molecule has 2 N–H and O–H groups in total. The third-order valence-corrected chi connectivity index (χ3v) is 5.06. The first-order valence-electron chi connectivity index (χ1n) is 6.51. The Labute approximate surface area is 122 Å². The van der Waals surface area contributed by atoms with Crippen LogP contribution in [0.2, 0.25) is 0 Å². The molecule has 1 aromatic carbocycles. The molecule has 110 valence electrons. The number of nitrogens with zero attached hydrogens (tertiary/aromatic N) is 1. The third-order valence-electron chi connectivity index (χ3n) is 3.72. The van der Waals surface area contributed by atoms with Crippen LogP contribution < -0.4 is 10.6 Å². The van der Waals surface area contributed by atoms with Gasteiger partial charge in [-0.1, -0.05) is 6.92 Å². The van der Waals surface area contributed by atoms with Crippen molar-refractivity contribution in [2.75, 3.05) is 30.0 Å². The van der Waals surface area contributed by atoms with E-state index in [1.807, 2.05) is 16.7 Å². The summed E-state index contributed by atoms with van der Waals surface area (Å²) in [7, 11) is 1.28.